The fourth-order valence-electron chi connectivity index (χ4n) is 2.37. The van der Waals surface area contributed by atoms with Gasteiger partial charge in [0.15, 0.2) is 0 Å². The van der Waals surface area contributed by atoms with Crippen LogP contribution in [0.4, 0.5) is 5.69 Å². The van der Waals surface area contributed by atoms with Gasteiger partial charge >= 0.3 is 21.7 Å². The third-order valence-corrected chi connectivity index (χ3v) is 3.83. The molecule has 1 saturated heterocycles. The van der Waals surface area contributed by atoms with Gasteiger partial charge in [0.25, 0.3) is 0 Å². The Bertz CT molecular complexity index is 674. The molecule has 29 heavy (non-hydrogen) atoms. The van der Waals surface area contributed by atoms with E-state index in [-0.39, 0.29) is 53.1 Å². The molecule has 2 aromatic rings. The molecule has 3 rings (SSSR count). The molecule has 0 saturated carbocycles. The second-order valence-corrected chi connectivity index (χ2v) is 7.81. The van der Waals surface area contributed by atoms with Crippen molar-refractivity contribution < 1.29 is 21.7 Å². The molecule has 158 valence electrons. The van der Waals surface area contributed by atoms with Gasteiger partial charge in [-0.25, -0.2) is 0 Å². The summed E-state index contributed by atoms with van der Waals surface area (Å²) in [5.41, 5.74) is 10.2. The van der Waals surface area contributed by atoms with Gasteiger partial charge in [-0.2, -0.15) is 0 Å². The summed E-state index contributed by atoms with van der Waals surface area (Å²) in [6.07, 6.45) is 2.69. The van der Waals surface area contributed by atoms with Crippen LogP contribution in [0.3, 0.4) is 0 Å². The van der Waals surface area contributed by atoms with Crippen molar-refractivity contribution in [1.82, 2.24) is 0 Å². The van der Waals surface area contributed by atoms with E-state index in [0.29, 0.717) is 0 Å². The minimum Gasteiger partial charge on any atom is -0.673 e. The van der Waals surface area contributed by atoms with E-state index in [1.54, 1.807) is 0 Å². The van der Waals surface area contributed by atoms with Crippen molar-refractivity contribution in [2.24, 2.45) is 0 Å². The fraction of sp³-hybridized carbons (Fsp3) is 0.400. The molecule has 4 heteroatoms. The van der Waals surface area contributed by atoms with Gasteiger partial charge in [0, 0.05) is 24.1 Å². The van der Waals surface area contributed by atoms with Crippen LogP contribution < -0.4 is 4.90 Å². The molecule has 0 aliphatic carbocycles. The van der Waals surface area contributed by atoms with Crippen molar-refractivity contribution in [2.75, 3.05) is 18.0 Å². The van der Waals surface area contributed by atoms with E-state index in [2.05, 4.69) is 54.5 Å². The molecule has 2 nitrogen and oxygen atoms in total. The molecule has 0 aromatic heterocycles. The molecule has 1 N–H and O–H groups in total. The number of hydrogen-bond donors (Lipinski definition) is 0. The number of nitrogens with one attached hydrogen (secondary N) is 1. The van der Waals surface area contributed by atoms with Crippen molar-refractivity contribution in [1.29, 1.82) is 0 Å². The molecule has 1 aliphatic rings. The van der Waals surface area contributed by atoms with Gasteiger partial charge in [-0.1, -0.05) is 56.8 Å². The van der Waals surface area contributed by atoms with Crippen LogP contribution in [-0.4, -0.2) is 29.6 Å². The monoisotopic (exact) mass is 444 g/mol. The number of rotatable bonds is 2. The first-order valence-corrected chi connectivity index (χ1v) is 9.05. The maximum atomic E-state index is 6.94. The van der Waals surface area contributed by atoms with Gasteiger partial charge in [0.2, 0.25) is 0 Å². The Labute approximate surface area is 200 Å². The molecule has 0 bridgehead atoms. The van der Waals surface area contributed by atoms with Crippen LogP contribution in [0.5, 0.6) is 0 Å². The second-order valence-electron chi connectivity index (χ2n) is 7.81. The molecular weight excluding hydrogens is 404 g/mol. The van der Waals surface area contributed by atoms with Crippen molar-refractivity contribution in [2.45, 2.75) is 53.0 Å². The molecule has 1 aliphatic heterocycles. The van der Waals surface area contributed by atoms with Crippen LogP contribution >= 0.6 is 0 Å². The quantitative estimate of drug-likeness (QED) is 0.265. The zero-order valence-electron chi connectivity index (χ0n) is 19.7. The van der Waals surface area contributed by atoms with Crippen LogP contribution in [0.25, 0.3) is 16.5 Å². The Morgan fingerprint density at radius 1 is 1.00 bits per heavy atom. The van der Waals surface area contributed by atoms with E-state index in [0.717, 1.165) is 11.1 Å². The van der Waals surface area contributed by atoms with Crippen molar-refractivity contribution in [3.05, 3.63) is 81.3 Å². The second kappa shape index (κ2) is 16.8. The number of fused-ring (bicyclic) bond motifs is 1. The molecule has 0 spiro atoms. The third-order valence-electron chi connectivity index (χ3n) is 3.83. The van der Waals surface area contributed by atoms with Gasteiger partial charge in [0.1, 0.15) is 0 Å². The minimum absolute atomic E-state index is 0. The van der Waals surface area contributed by atoms with E-state index < -0.39 is 0 Å². The van der Waals surface area contributed by atoms with E-state index >= 15 is 0 Å². The topological polar surface area (TPSA) is 27.0 Å². The fourth-order valence-corrected chi connectivity index (χ4v) is 2.37. The standard InChI is InChI=1S/C13H14N.C6H10.C4H10N.2CH3.Si.Ti/c1-2-6-12-11(5-1)7-8-13(12)14-9-3-4-10-14;1-5(2)6(3)4;1-4(2,3)5;;;;/h1-2,5-8H,3-4,9-10H2;1,3H2,2,4H3;5H,1-3H3;2*1H3;;/q-1;;3*-1;;+4. The largest absolute Gasteiger partial charge is 4.00 e. The van der Waals surface area contributed by atoms with Gasteiger partial charge in [-0.05, 0) is 26.7 Å². The number of benzene rings is 1. The number of nitrogens with zero attached hydrogens (tertiary/aromatic N) is 1. The number of allylic oxidation sites excluding steroid dienone is 2. The van der Waals surface area contributed by atoms with Crippen LogP contribution in [0, 0.1) is 14.9 Å². The van der Waals surface area contributed by atoms with Crippen molar-refractivity contribution >= 4 is 27.4 Å². The van der Waals surface area contributed by atoms with E-state index in [1.165, 1.54) is 42.4 Å². The smallest absolute Gasteiger partial charge is 0.673 e. The predicted octanol–water partition coefficient (Wildman–Crippen LogP) is 7.65. The van der Waals surface area contributed by atoms with Gasteiger partial charge < -0.3 is 25.5 Å². The normalized spacial score (nSPS) is 11.7. The predicted molar refractivity (Wildman–Crippen MR) is 133 cm³/mol. The summed E-state index contributed by atoms with van der Waals surface area (Å²) < 4.78 is 0. The molecule has 2 aromatic carbocycles. The summed E-state index contributed by atoms with van der Waals surface area (Å²) in [5, 5.41) is 2.78. The van der Waals surface area contributed by atoms with Crippen LogP contribution in [0.2, 0.25) is 0 Å². The Kier molecular flexibility index (Phi) is 20.5. The molecule has 0 amide bonds. The number of anilines is 1. The Morgan fingerprint density at radius 2 is 1.41 bits per heavy atom. The molecular formula is C25H40N2SiTi. The summed E-state index contributed by atoms with van der Waals surface area (Å²) in [6, 6.07) is 13.1. The summed E-state index contributed by atoms with van der Waals surface area (Å²) >= 11 is 0. The zero-order chi connectivity index (χ0) is 19.0. The van der Waals surface area contributed by atoms with Crippen LogP contribution in [0.1, 0.15) is 47.5 Å². The van der Waals surface area contributed by atoms with E-state index in [9.17, 15) is 0 Å². The Hall–Kier alpha value is -0.999. The molecule has 4 radical (unpaired) electrons. The minimum atomic E-state index is -0.250. The molecule has 0 unspecified atom stereocenters. The summed E-state index contributed by atoms with van der Waals surface area (Å²) in [5.74, 6) is 0. The van der Waals surface area contributed by atoms with Crippen LogP contribution in [-0.2, 0) is 21.7 Å². The van der Waals surface area contributed by atoms with Crippen molar-refractivity contribution in [3.63, 3.8) is 0 Å². The summed E-state index contributed by atoms with van der Waals surface area (Å²) in [4.78, 5) is 2.50. The molecule has 1 heterocycles. The van der Waals surface area contributed by atoms with Crippen molar-refractivity contribution in [3.8, 4) is 0 Å². The summed E-state index contributed by atoms with van der Waals surface area (Å²) in [7, 11) is 0. The first kappa shape index (κ1) is 35.4. The van der Waals surface area contributed by atoms with E-state index in [4.69, 9.17) is 5.73 Å². The van der Waals surface area contributed by atoms with Gasteiger partial charge in [0.05, 0.1) is 0 Å². The van der Waals surface area contributed by atoms with E-state index in [1.807, 2.05) is 34.6 Å². The molecule has 1 fully saturated rings. The average Bonchev–Trinajstić information content (AvgIpc) is 3.15. The average molecular weight is 445 g/mol. The Morgan fingerprint density at radius 3 is 1.83 bits per heavy atom. The first-order valence-electron chi connectivity index (χ1n) is 9.05. The maximum absolute atomic E-state index is 6.94. The zero-order valence-corrected chi connectivity index (χ0v) is 22.2. The van der Waals surface area contributed by atoms with Gasteiger partial charge in [-0.3, -0.25) is 0 Å². The summed E-state index contributed by atoms with van der Waals surface area (Å²) in [6.45, 7) is 19.2. The number of hydrogen-bond acceptors (Lipinski definition) is 1. The first-order chi connectivity index (χ1) is 11.6. The van der Waals surface area contributed by atoms with Gasteiger partial charge in [-0.15, -0.1) is 46.6 Å². The molecule has 0 atom stereocenters. The maximum Gasteiger partial charge on any atom is 4.00 e. The third kappa shape index (κ3) is 14.6. The Balaban J connectivity index is -0.000000181. The van der Waals surface area contributed by atoms with Crippen LogP contribution in [0.15, 0.2) is 60.7 Å². The SMILES string of the molecule is C=C(C)C(=C)C.CC(C)(C)[NH-].[CH3-].[CH3-].[Si].[Ti+4].c1ccc2c(N3CCCC3)c[cH-]c2c1.